The molecule has 8 heteroatoms. The quantitative estimate of drug-likeness (QED) is 0.429. The third-order valence-electron chi connectivity index (χ3n) is 5.06. The van der Waals surface area contributed by atoms with Crippen molar-refractivity contribution in [2.45, 2.75) is 25.4 Å². The summed E-state index contributed by atoms with van der Waals surface area (Å²) in [6.07, 6.45) is 1.15. The van der Waals surface area contributed by atoms with Crippen LogP contribution in [0.1, 0.15) is 20.3 Å². The summed E-state index contributed by atoms with van der Waals surface area (Å²) in [4.78, 5) is 32.6. The normalized spacial score (nSPS) is 19.6. The van der Waals surface area contributed by atoms with Crippen molar-refractivity contribution in [1.82, 2.24) is 14.5 Å². The van der Waals surface area contributed by atoms with Crippen LogP contribution in [-0.4, -0.2) is 39.2 Å². The molecule has 3 heterocycles. The molecule has 29 heavy (non-hydrogen) atoms. The van der Waals surface area contributed by atoms with Gasteiger partial charge in [-0.3, -0.25) is 14.2 Å². The monoisotopic (exact) mass is 447 g/mol. The number of carbonyl (C=O) groups is 1. The predicted octanol–water partition coefficient (Wildman–Crippen LogP) is 4.70. The Hall–Kier alpha value is -1.83. The number of thiophene rings is 1. The molecule has 152 valence electrons. The summed E-state index contributed by atoms with van der Waals surface area (Å²) >= 11 is 8.83. The fourth-order valence-electron chi connectivity index (χ4n) is 3.92. The van der Waals surface area contributed by atoms with Crippen molar-refractivity contribution < 1.29 is 4.79 Å². The van der Waals surface area contributed by atoms with Crippen LogP contribution in [0.2, 0.25) is 5.02 Å². The highest BCUT2D eigenvalue weighted by Crippen LogP contribution is 2.26. The lowest BCUT2D eigenvalue weighted by atomic mass is 9.92. The van der Waals surface area contributed by atoms with E-state index in [0.29, 0.717) is 37.9 Å². The van der Waals surface area contributed by atoms with E-state index in [1.54, 1.807) is 22.8 Å². The van der Waals surface area contributed by atoms with Crippen LogP contribution >= 0.6 is 34.7 Å². The predicted molar refractivity (Wildman–Crippen MR) is 120 cm³/mol. The van der Waals surface area contributed by atoms with Gasteiger partial charge in [-0.05, 0) is 47.9 Å². The van der Waals surface area contributed by atoms with Gasteiger partial charge in [0.25, 0.3) is 5.56 Å². The summed E-state index contributed by atoms with van der Waals surface area (Å²) in [7, 11) is 0. The van der Waals surface area contributed by atoms with E-state index in [4.69, 9.17) is 11.6 Å². The minimum absolute atomic E-state index is 0.0886. The number of halogens is 1. The smallest absolute Gasteiger partial charge is 0.276 e. The van der Waals surface area contributed by atoms with Crippen molar-refractivity contribution in [3.8, 4) is 5.69 Å². The second-order valence-corrected chi connectivity index (χ2v) is 9.98. The van der Waals surface area contributed by atoms with Gasteiger partial charge in [-0.2, -0.15) is 0 Å². The van der Waals surface area contributed by atoms with Crippen molar-refractivity contribution in [3.05, 3.63) is 51.1 Å². The standard InChI is InChI=1S/C21H22ClN3O2S2/c1-13-8-14(2)11-24(10-13)18(26)12-29-21-23-17-6-7-28-19(17)20(27)25(21)16-5-3-4-15(22)9-16/h3-7,9,13-14H,8,10-12H2,1-2H3/t13-,14+. The minimum atomic E-state index is -0.137. The molecule has 0 unspecified atom stereocenters. The van der Waals surface area contributed by atoms with Crippen molar-refractivity contribution in [1.29, 1.82) is 0 Å². The minimum Gasteiger partial charge on any atom is -0.341 e. The maximum absolute atomic E-state index is 13.1. The Morgan fingerprint density at radius 1 is 1.28 bits per heavy atom. The van der Waals surface area contributed by atoms with Crippen molar-refractivity contribution >= 4 is 50.8 Å². The molecule has 1 amide bonds. The zero-order valence-corrected chi connectivity index (χ0v) is 18.7. The topological polar surface area (TPSA) is 55.2 Å². The largest absolute Gasteiger partial charge is 0.341 e. The van der Waals surface area contributed by atoms with Crippen LogP contribution in [-0.2, 0) is 4.79 Å². The van der Waals surface area contributed by atoms with Gasteiger partial charge in [0, 0.05) is 18.1 Å². The molecule has 2 aromatic heterocycles. The van der Waals surface area contributed by atoms with Crippen LogP contribution in [0.5, 0.6) is 0 Å². The van der Waals surface area contributed by atoms with Crippen LogP contribution in [0.15, 0.2) is 45.7 Å². The summed E-state index contributed by atoms with van der Waals surface area (Å²) in [6, 6.07) is 8.98. The molecule has 0 spiro atoms. The van der Waals surface area contributed by atoms with Gasteiger partial charge in [-0.15, -0.1) is 11.3 Å². The van der Waals surface area contributed by atoms with Gasteiger partial charge in [-0.25, -0.2) is 4.98 Å². The summed E-state index contributed by atoms with van der Waals surface area (Å²) in [5, 5.41) is 2.91. The molecule has 2 atom stereocenters. The van der Waals surface area contributed by atoms with E-state index in [0.717, 1.165) is 19.5 Å². The third kappa shape index (κ3) is 4.37. The van der Waals surface area contributed by atoms with Crippen LogP contribution < -0.4 is 5.56 Å². The first kappa shape index (κ1) is 20.4. The first-order chi connectivity index (χ1) is 13.9. The highest BCUT2D eigenvalue weighted by Gasteiger charge is 2.26. The Bertz CT molecular complexity index is 1100. The number of carbonyl (C=O) groups excluding carboxylic acids is 1. The van der Waals surface area contributed by atoms with Gasteiger partial charge < -0.3 is 4.90 Å². The molecule has 5 nitrogen and oxygen atoms in total. The van der Waals surface area contributed by atoms with Crippen LogP contribution in [0, 0.1) is 11.8 Å². The molecule has 1 aromatic carbocycles. The molecular formula is C21H22ClN3O2S2. The number of amides is 1. The molecule has 1 saturated heterocycles. The van der Waals surface area contributed by atoms with Gasteiger partial charge in [0.15, 0.2) is 5.16 Å². The fourth-order valence-corrected chi connectivity index (χ4v) is 5.78. The summed E-state index contributed by atoms with van der Waals surface area (Å²) < 4.78 is 2.16. The van der Waals surface area contributed by atoms with Crippen LogP contribution in [0.3, 0.4) is 0 Å². The van der Waals surface area contributed by atoms with E-state index in [1.165, 1.54) is 23.1 Å². The first-order valence-corrected chi connectivity index (χ1v) is 11.8. The van der Waals surface area contributed by atoms with E-state index in [-0.39, 0.29) is 17.2 Å². The molecule has 1 aliphatic rings. The lowest BCUT2D eigenvalue weighted by Gasteiger charge is -2.35. The van der Waals surface area contributed by atoms with E-state index in [1.807, 2.05) is 22.4 Å². The molecule has 0 saturated carbocycles. The highest BCUT2D eigenvalue weighted by atomic mass is 35.5. The average molecular weight is 448 g/mol. The number of likely N-dealkylation sites (tertiary alicyclic amines) is 1. The van der Waals surface area contributed by atoms with Crippen molar-refractivity contribution in [2.75, 3.05) is 18.8 Å². The van der Waals surface area contributed by atoms with Gasteiger partial charge in [0.05, 0.1) is 17.0 Å². The maximum Gasteiger partial charge on any atom is 0.276 e. The van der Waals surface area contributed by atoms with Crippen LogP contribution in [0.4, 0.5) is 0 Å². The summed E-state index contributed by atoms with van der Waals surface area (Å²) in [5.74, 6) is 1.36. The Balaban J connectivity index is 1.65. The summed E-state index contributed by atoms with van der Waals surface area (Å²) in [5.41, 5.74) is 1.18. The fraction of sp³-hybridized carbons (Fsp3) is 0.381. The van der Waals surface area contributed by atoms with Crippen molar-refractivity contribution in [2.24, 2.45) is 11.8 Å². The molecule has 1 aliphatic heterocycles. The van der Waals surface area contributed by atoms with E-state index < -0.39 is 0 Å². The Morgan fingerprint density at radius 2 is 2.03 bits per heavy atom. The molecule has 0 bridgehead atoms. The number of nitrogens with zero attached hydrogens (tertiary/aromatic N) is 3. The summed E-state index contributed by atoms with van der Waals surface area (Å²) in [6.45, 7) is 5.96. The van der Waals surface area contributed by atoms with E-state index in [2.05, 4.69) is 18.8 Å². The second-order valence-electron chi connectivity index (χ2n) is 7.68. The van der Waals surface area contributed by atoms with Crippen molar-refractivity contribution in [3.63, 3.8) is 0 Å². The molecule has 0 N–H and O–H groups in total. The number of fused-ring (bicyclic) bond motifs is 1. The number of rotatable bonds is 4. The van der Waals surface area contributed by atoms with E-state index in [9.17, 15) is 9.59 Å². The molecule has 3 aromatic rings. The molecule has 1 fully saturated rings. The molecular weight excluding hydrogens is 426 g/mol. The second kappa shape index (κ2) is 8.50. The van der Waals surface area contributed by atoms with Gasteiger partial charge in [0.2, 0.25) is 5.91 Å². The van der Waals surface area contributed by atoms with Crippen LogP contribution in [0.25, 0.3) is 15.9 Å². The number of thioether (sulfide) groups is 1. The molecule has 0 aliphatic carbocycles. The van der Waals surface area contributed by atoms with Gasteiger partial charge in [-0.1, -0.05) is 43.3 Å². The Labute approximate surface area is 182 Å². The van der Waals surface area contributed by atoms with Gasteiger partial charge in [0.1, 0.15) is 4.70 Å². The van der Waals surface area contributed by atoms with Gasteiger partial charge >= 0.3 is 0 Å². The molecule has 4 rings (SSSR count). The number of hydrogen-bond donors (Lipinski definition) is 0. The number of benzene rings is 1. The number of aromatic nitrogens is 2. The lowest BCUT2D eigenvalue weighted by Crippen LogP contribution is -2.43. The Morgan fingerprint density at radius 3 is 2.76 bits per heavy atom. The number of hydrogen-bond acceptors (Lipinski definition) is 5. The number of piperidine rings is 1. The third-order valence-corrected chi connectivity index (χ3v) is 7.11. The Kier molecular flexibility index (Phi) is 5.99. The SMILES string of the molecule is C[C@@H]1C[C@H](C)CN(C(=O)CSc2nc3ccsc3c(=O)n2-c2cccc(Cl)c2)C1. The zero-order chi connectivity index (χ0) is 20.5. The zero-order valence-electron chi connectivity index (χ0n) is 16.3. The first-order valence-electron chi connectivity index (χ1n) is 9.59. The molecule has 0 radical (unpaired) electrons. The van der Waals surface area contributed by atoms with E-state index >= 15 is 0 Å². The average Bonchev–Trinajstić information content (AvgIpc) is 3.14. The lowest BCUT2D eigenvalue weighted by molar-refractivity contribution is -0.130. The maximum atomic E-state index is 13.1. The highest BCUT2D eigenvalue weighted by molar-refractivity contribution is 7.99.